The third-order valence-corrected chi connectivity index (χ3v) is 10.8. The first-order valence-corrected chi connectivity index (χ1v) is 17.5. The minimum Gasteiger partial charge on any atom is -0.363 e. The number of ketones is 1. The molecule has 3 rings (SSSR count). The van der Waals surface area contributed by atoms with Crippen LogP contribution in [-0.2, 0) is 29.0 Å². The average Bonchev–Trinajstić information content (AvgIpc) is 3.61. The largest absolute Gasteiger partial charge is 0.363 e. The number of rotatable bonds is 12. The Bertz CT molecular complexity index is 1430. The lowest BCUT2D eigenvalue weighted by atomic mass is 9.79. The Morgan fingerprint density at radius 3 is 2.02 bits per heavy atom. The molecule has 1 heterocycles. The summed E-state index contributed by atoms with van der Waals surface area (Å²) in [6, 6.07) is 4.11. The normalized spacial score (nSPS) is 20.4. The van der Waals surface area contributed by atoms with Crippen molar-refractivity contribution in [2.75, 3.05) is 12.3 Å². The van der Waals surface area contributed by atoms with Crippen LogP contribution in [0.4, 0.5) is 4.79 Å². The molecule has 12 nitrogen and oxygen atoms in total. The third-order valence-electron chi connectivity index (χ3n) is 8.75. The fourth-order valence-corrected chi connectivity index (χ4v) is 7.59. The van der Waals surface area contributed by atoms with E-state index in [0.29, 0.717) is 12.8 Å². The van der Waals surface area contributed by atoms with E-state index in [9.17, 15) is 32.4 Å². The van der Waals surface area contributed by atoms with Crippen LogP contribution in [0.1, 0.15) is 81.1 Å². The van der Waals surface area contributed by atoms with E-state index in [-0.39, 0.29) is 34.4 Å². The standard InChI is InChI=1S/C33H51N5O7S/c1-31(2,3)21-17-24(28(41)35-23(16-20-14-15-20)25(39)27(34)40)38(18-21)29(42)26(32(4,5)6)36-30(43)37-33(7,8)19-46(44,45)22-12-10-9-11-13-22/h9-13,20-21,23-24,26H,14-19H2,1-8H3,(H2,34,40)(H,35,41)(H2,36,37,43)/t21-,23?,24+,26-/m1/s1. The summed E-state index contributed by atoms with van der Waals surface area (Å²) >= 11 is 0. The highest BCUT2D eigenvalue weighted by molar-refractivity contribution is 7.91. The first-order valence-electron chi connectivity index (χ1n) is 15.8. The first-order chi connectivity index (χ1) is 21.0. The lowest BCUT2D eigenvalue weighted by molar-refractivity contribution is -0.143. The molecule has 5 N–H and O–H groups in total. The fraction of sp³-hybridized carbons (Fsp3) is 0.667. The van der Waals surface area contributed by atoms with Crippen LogP contribution in [-0.4, -0.2) is 78.8 Å². The number of nitrogens with two attached hydrogens (primary N) is 1. The van der Waals surface area contributed by atoms with Gasteiger partial charge in [0.2, 0.25) is 17.6 Å². The molecular formula is C33H51N5O7S. The number of urea groups is 1. The SMILES string of the molecule is CC(C)(CS(=O)(=O)c1ccccc1)NC(=O)N[C@H](C(=O)N1C[C@H](C(C)(C)C)C[C@H]1C(=O)NC(CC1CC1)C(=O)C(N)=O)C(C)(C)C. The summed E-state index contributed by atoms with van der Waals surface area (Å²) in [6.07, 6.45) is 2.43. The highest BCUT2D eigenvalue weighted by Crippen LogP contribution is 2.39. The number of Topliss-reactive ketones (excluding diaryl/α,β-unsaturated/α-hetero) is 1. The molecule has 1 aromatic carbocycles. The van der Waals surface area contributed by atoms with Crippen molar-refractivity contribution >= 4 is 39.4 Å². The van der Waals surface area contributed by atoms with Gasteiger partial charge in [0.05, 0.1) is 22.2 Å². The van der Waals surface area contributed by atoms with E-state index in [1.807, 2.05) is 20.8 Å². The molecule has 2 aliphatic rings. The van der Waals surface area contributed by atoms with Crippen LogP contribution >= 0.6 is 0 Å². The molecule has 2 fully saturated rings. The summed E-state index contributed by atoms with van der Waals surface area (Å²) in [6.45, 7) is 14.8. The van der Waals surface area contributed by atoms with Crippen molar-refractivity contribution in [3.8, 4) is 0 Å². The van der Waals surface area contributed by atoms with E-state index in [0.717, 1.165) is 12.8 Å². The Kier molecular flexibility index (Phi) is 11.0. The topological polar surface area (TPSA) is 185 Å². The van der Waals surface area contributed by atoms with Crippen molar-refractivity contribution in [2.24, 2.45) is 28.4 Å². The van der Waals surface area contributed by atoms with E-state index in [2.05, 4.69) is 16.0 Å². The van der Waals surface area contributed by atoms with Gasteiger partial charge in [-0.05, 0) is 61.5 Å². The van der Waals surface area contributed by atoms with Crippen molar-refractivity contribution in [1.82, 2.24) is 20.9 Å². The number of nitrogens with zero attached hydrogens (tertiary/aromatic N) is 1. The third kappa shape index (κ3) is 9.76. The number of primary amides is 1. The number of nitrogens with one attached hydrogen (secondary N) is 3. The number of hydrogen-bond acceptors (Lipinski definition) is 7. The number of hydrogen-bond donors (Lipinski definition) is 4. The van der Waals surface area contributed by atoms with Gasteiger partial charge in [-0.2, -0.15) is 0 Å². The average molecular weight is 662 g/mol. The van der Waals surface area contributed by atoms with E-state index in [1.54, 1.807) is 52.8 Å². The van der Waals surface area contributed by atoms with E-state index in [1.165, 1.54) is 17.0 Å². The lowest BCUT2D eigenvalue weighted by Gasteiger charge is -2.37. The van der Waals surface area contributed by atoms with Crippen LogP contribution in [0.25, 0.3) is 0 Å². The second-order valence-corrected chi connectivity index (χ2v) is 17.6. The second kappa shape index (κ2) is 13.7. The minimum absolute atomic E-state index is 0.0718. The number of likely N-dealkylation sites (tertiary alicyclic amines) is 1. The van der Waals surface area contributed by atoms with Crippen molar-refractivity contribution in [3.63, 3.8) is 0 Å². The molecule has 1 aliphatic carbocycles. The molecule has 1 unspecified atom stereocenters. The molecule has 46 heavy (non-hydrogen) atoms. The first kappa shape index (κ1) is 37.0. The molecule has 0 aromatic heterocycles. The minimum atomic E-state index is -3.73. The van der Waals surface area contributed by atoms with Gasteiger partial charge < -0.3 is 26.6 Å². The summed E-state index contributed by atoms with van der Waals surface area (Å²) in [5, 5.41) is 8.18. The van der Waals surface area contributed by atoms with Crippen molar-refractivity contribution in [1.29, 1.82) is 0 Å². The monoisotopic (exact) mass is 661 g/mol. The Balaban J connectivity index is 1.82. The van der Waals surface area contributed by atoms with Crippen LogP contribution in [0, 0.1) is 22.7 Å². The summed E-state index contributed by atoms with van der Waals surface area (Å²) < 4.78 is 26.0. The molecular weight excluding hydrogens is 610 g/mol. The quantitative estimate of drug-likeness (QED) is 0.248. The maximum Gasteiger partial charge on any atom is 0.315 e. The van der Waals surface area contributed by atoms with Crippen molar-refractivity contribution < 1.29 is 32.4 Å². The maximum absolute atomic E-state index is 14.3. The van der Waals surface area contributed by atoms with Crippen LogP contribution in [0.3, 0.4) is 0 Å². The predicted octanol–water partition coefficient (Wildman–Crippen LogP) is 2.56. The van der Waals surface area contributed by atoms with Crippen molar-refractivity contribution in [3.05, 3.63) is 30.3 Å². The van der Waals surface area contributed by atoms with Crippen LogP contribution in [0.5, 0.6) is 0 Å². The Labute approximate surface area is 272 Å². The predicted molar refractivity (Wildman–Crippen MR) is 174 cm³/mol. The number of carbonyl (C=O) groups is 5. The zero-order valence-electron chi connectivity index (χ0n) is 28.3. The smallest absolute Gasteiger partial charge is 0.315 e. The van der Waals surface area contributed by atoms with Gasteiger partial charge in [0.15, 0.2) is 9.84 Å². The maximum atomic E-state index is 14.3. The van der Waals surface area contributed by atoms with E-state index < -0.39 is 68.5 Å². The zero-order valence-corrected chi connectivity index (χ0v) is 29.1. The number of sulfone groups is 1. The fourth-order valence-electron chi connectivity index (χ4n) is 5.82. The van der Waals surface area contributed by atoms with E-state index in [4.69, 9.17) is 5.73 Å². The Hall–Kier alpha value is -3.48. The number of amides is 5. The molecule has 1 aromatic rings. The number of benzene rings is 1. The summed E-state index contributed by atoms with van der Waals surface area (Å²) in [7, 11) is -3.73. The second-order valence-electron chi connectivity index (χ2n) is 15.6. The van der Waals surface area contributed by atoms with Crippen molar-refractivity contribution in [2.45, 2.75) is 110 Å². The van der Waals surface area contributed by atoms with E-state index >= 15 is 0 Å². The van der Waals surface area contributed by atoms with Gasteiger partial charge in [0.1, 0.15) is 12.1 Å². The molecule has 5 amide bonds. The van der Waals surface area contributed by atoms with Gasteiger partial charge in [-0.1, -0.05) is 72.6 Å². The van der Waals surface area contributed by atoms with Gasteiger partial charge in [-0.25, -0.2) is 13.2 Å². The number of carbonyl (C=O) groups excluding carboxylic acids is 5. The van der Waals surface area contributed by atoms with Gasteiger partial charge in [0, 0.05) is 6.54 Å². The van der Waals surface area contributed by atoms with Crippen LogP contribution < -0.4 is 21.7 Å². The molecule has 1 aliphatic heterocycles. The summed E-state index contributed by atoms with van der Waals surface area (Å²) in [5.41, 5.74) is 3.02. The van der Waals surface area contributed by atoms with Crippen LogP contribution in [0.2, 0.25) is 0 Å². The molecule has 4 atom stereocenters. The van der Waals surface area contributed by atoms with Crippen LogP contribution in [0.15, 0.2) is 35.2 Å². The highest BCUT2D eigenvalue weighted by atomic mass is 32.2. The molecule has 0 spiro atoms. The molecule has 13 heteroatoms. The Morgan fingerprint density at radius 2 is 1.52 bits per heavy atom. The molecule has 0 bridgehead atoms. The van der Waals surface area contributed by atoms with Gasteiger partial charge in [-0.15, -0.1) is 0 Å². The lowest BCUT2D eigenvalue weighted by Crippen LogP contribution is -2.62. The molecule has 0 radical (unpaired) electrons. The van der Waals surface area contributed by atoms with Gasteiger partial charge >= 0.3 is 6.03 Å². The summed E-state index contributed by atoms with van der Waals surface area (Å²) in [4.78, 5) is 67.3. The Morgan fingerprint density at radius 1 is 0.935 bits per heavy atom. The molecule has 1 saturated carbocycles. The summed E-state index contributed by atoms with van der Waals surface area (Å²) in [5.74, 6) is -3.26. The molecule has 1 saturated heterocycles. The zero-order chi connectivity index (χ0) is 34.8. The van der Waals surface area contributed by atoms with Gasteiger partial charge in [-0.3, -0.25) is 19.2 Å². The highest BCUT2D eigenvalue weighted by Gasteiger charge is 2.48. The van der Waals surface area contributed by atoms with Gasteiger partial charge in [0.25, 0.3) is 5.91 Å². The molecule has 256 valence electrons.